The number of hydrogen-bond acceptors (Lipinski definition) is 5. The third kappa shape index (κ3) is 3.12. The number of pyridine rings is 1. The highest BCUT2D eigenvalue weighted by atomic mass is 16.5. The molecule has 2 aromatic heterocycles. The van der Waals surface area contributed by atoms with Gasteiger partial charge in [0.2, 0.25) is 0 Å². The molecule has 0 N–H and O–H groups in total. The molecule has 0 amide bonds. The Morgan fingerprint density at radius 2 is 1.96 bits per heavy atom. The fourth-order valence-corrected chi connectivity index (χ4v) is 2.29. The van der Waals surface area contributed by atoms with Gasteiger partial charge in [-0.2, -0.15) is 5.10 Å². The third-order valence-corrected chi connectivity index (χ3v) is 3.45. The smallest absolute Gasteiger partial charge is 0.357 e. The van der Waals surface area contributed by atoms with E-state index in [1.54, 1.807) is 38.4 Å². The molecule has 2 heterocycles. The highest BCUT2D eigenvalue weighted by Gasteiger charge is 2.19. The summed E-state index contributed by atoms with van der Waals surface area (Å²) in [7, 11) is 1.61. The molecule has 0 saturated heterocycles. The van der Waals surface area contributed by atoms with Crippen LogP contribution < -0.4 is 4.74 Å². The first-order valence-corrected chi connectivity index (χ1v) is 7.56. The minimum Gasteiger partial charge on any atom is -0.497 e. The van der Waals surface area contributed by atoms with Crippen LogP contribution in [0.1, 0.15) is 17.4 Å². The van der Waals surface area contributed by atoms with Crippen LogP contribution in [0.4, 0.5) is 0 Å². The number of methoxy groups -OCH3 is 1. The number of nitrogens with zero attached hydrogens (tertiary/aromatic N) is 3. The average molecular weight is 323 g/mol. The van der Waals surface area contributed by atoms with Crippen LogP contribution in [0.5, 0.6) is 5.75 Å². The van der Waals surface area contributed by atoms with Crippen molar-refractivity contribution in [3.8, 4) is 22.8 Å². The van der Waals surface area contributed by atoms with Crippen LogP contribution in [0, 0.1) is 0 Å². The molecule has 0 fully saturated rings. The zero-order chi connectivity index (χ0) is 16.9. The lowest BCUT2D eigenvalue weighted by Crippen LogP contribution is -2.12. The zero-order valence-electron chi connectivity index (χ0n) is 13.5. The molecular weight excluding hydrogens is 306 g/mol. The maximum absolute atomic E-state index is 12.3. The van der Waals surface area contributed by atoms with Crippen molar-refractivity contribution >= 4 is 5.97 Å². The van der Waals surface area contributed by atoms with Gasteiger partial charge in [0.25, 0.3) is 0 Å². The second-order valence-corrected chi connectivity index (χ2v) is 4.96. The number of rotatable bonds is 5. The summed E-state index contributed by atoms with van der Waals surface area (Å²) in [6.07, 6.45) is 1.65. The molecular formula is C18H17N3O3. The molecule has 6 heteroatoms. The Bertz CT molecular complexity index is 826. The summed E-state index contributed by atoms with van der Waals surface area (Å²) < 4.78 is 11.8. The van der Waals surface area contributed by atoms with Crippen LogP contribution in [-0.2, 0) is 4.74 Å². The quantitative estimate of drug-likeness (QED) is 0.675. The monoisotopic (exact) mass is 323 g/mol. The van der Waals surface area contributed by atoms with Crippen LogP contribution in [0.25, 0.3) is 17.1 Å². The predicted octanol–water partition coefficient (Wildman–Crippen LogP) is 3.12. The number of carbonyl (C=O) groups is 1. The van der Waals surface area contributed by atoms with Gasteiger partial charge in [0.1, 0.15) is 5.75 Å². The normalized spacial score (nSPS) is 10.4. The van der Waals surface area contributed by atoms with Crippen LogP contribution in [0.3, 0.4) is 0 Å². The molecule has 0 atom stereocenters. The third-order valence-electron chi connectivity index (χ3n) is 3.45. The number of carbonyl (C=O) groups excluding carboxylic acids is 1. The van der Waals surface area contributed by atoms with Crippen molar-refractivity contribution in [2.45, 2.75) is 6.92 Å². The van der Waals surface area contributed by atoms with Crippen molar-refractivity contribution in [3.63, 3.8) is 0 Å². The van der Waals surface area contributed by atoms with Crippen LogP contribution in [0.15, 0.2) is 54.7 Å². The van der Waals surface area contributed by atoms with E-state index in [2.05, 4.69) is 10.1 Å². The number of hydrogen-bond donors (Lipinski definition) is 0. The van der Waals surface area contributed by atoms with E-state index in [0.29, 0.717) is 23.8 Å². The van der Waals surface area contributed by atoms with E-state index in [1.165, 1.54) is 4.68 Å². The van der Waals surface area contributed by atoms with Gasteiger partial charge in [0, 0.05) is 11.8 Å². The molecule has 0 aliphatic heterocycles. The molecule has 0 aliphatic rings. The summed E-state index contributed by atoms with van der Waals surface area (Å²) in [5.41, 5.74) is 1.86. The molecule has 0 aliphatic carbocycles. The van der Waals surface area contributed by atoms with Crippen molar-refractivity contribution in [1.82, 2.24) is 14.8 Å². The highest BCUT2D eigenvalue weighted by Crippen LogP contribution is 2.24. The second kappa shape index (κ2) is 6.95. The Balaban J connectivity index is 2.06. The maximum atomic E-state index is 12.3. The fraction of sp³-hybridized carbons (Fsp3) is 0.167. The summed E-state index contributed by atoms with van der Waals surface area (Å²) in [4.78, 5) is 16.5. The summed E-state index contributed by atoms with van der Waals surface area (Å²) >= 11 is 0. The van der Waals surface area contributed by atoms with E-state index in [1.807, 2.05) is 30.3 Å². The summed E-state index contributed by atoms with van der Waals surface area (Å²) in [6.45, 7) is 2.06. The van der Waals surface area contributed by atoms with E-state index in [9.17, 15) is 4.79 Å². The fourth-order valence-electron chi connectivity index (χ4n) is 2.29. The first-order chi connectivity index (χ1) is 11.7. The van der Waals surface area contributed by atoms with Gasteiger partial charge in [0.05, 0.1) is 19.4 Å². The molecule has 6 nitrogen and oxygen atoms in total. The van der Waals surface area contributed by atoms with E-state index >= 15 is 0 Å². The Hall–Kier alpha value is -3.15. The van der Waals surface area contributed by atoms with Crippen LogP contribution in [0.2, 0.25) is 0 Å². The number of esters is 1. The highest BCUT2D eigenvalue weighted by molar-refractivity contribution is 5.89. The number of benzene rings is 1. The van der Waals surface area contributed by atoms with Crippen molar-refractivity contribution in [3.05, 3.63) is 60.4 Å². The molecule has 0 unspecified atom stereocenters. The summed E-state index contributed by atoms with van der Waals surface area (Å²) in [5, 5.41) is 4.52. The van der Waals surface area contributed by atoms with Gasteiger partial charge in [-0.25, -0.2) is 14.5 Å². The van der Waals surface area contributed by atoms with Crippen molar-refractivity contribution in [2.24, 2.45) is 0 Å². The van der Waals surface area contributed by atoms with Gasteiger partial charge in [0.15, 0.2) is 11.5 Å². The van der Waals surface area contributed by atoms with Crippen molar-refractivity contribution in [1.29, 1.82) is 0 Å². The minimum atomic E-state index is -0.435. The summed E-state index contributed by atoms with van der Waals surface area (Å²) in [6, 6.07) is 14.6. The maximum Gasteiger partial charge on any atom is 0.357 e. The van der Waals surface area contributed by atoms with E-state index in [4.69, 9.17) is 9.47 Å². The molecule has 3 aromatic rings. The second-order valence-electron chi connectivity index (χ2n) is 4.96. The van der Waals surface area contributed by atoms with Gasteiger partial charge < -0.3 is 9.47 Å². The molecule has 0 spiro atoms. The zero-order valence-corrected chi connectivity index (χ0v) is 13.5. The largest absolute Gasteiger partial charge is 0.497 e. The Morgan fingerprint density at radius 3 is 2.58 bits per heavy atom. The lowest BCUT2D eigenvalue weighted by Gasteiger charge is -2.05. The van der Waals surface area contributed by atoms with Gasteiger partial charge in [-0.05, 0) is 49.4 Å². The number of aromatic nitrogens is 3. The first kappa shape index (κ1) is 15.7. The van der Waals surface area contributed by atoms with Gasteiger partial charge in [-0.15, -0.1) is 0 Å². The average Bonchev–Trinajstić information content (AvgIpc) is 3.08. The van der Waals surface area contributed by atoms with Crippen molar-refractivity contribution < 1.29 is 14.3 Å². The predicted molar refractivity (Wildman–Crippen MR) is 89.3 cm³/mol. The Morgan fingerprint density at radius 1 is 1.17 bits per heavy atom. The Labute approximate surface area is 139 Å². The molecule has 24 heavy (non-hydrogen) atoms. The van der Waals surface area contributed by atoms with Crippen molar-refractivity contribution in [2.75, 3.05) is 13.7 Å². The minimum absolute atomic E-state index is 0.296. The first-order valence-electron chi connectivity index (χ1n) is 7.56. The summed E-state index contributed by atoms with van der Waals surface area (Å²) in [5.74, 6) is 0.879. The molecule has 0 saturated carbocycles. The van der Waals surface area contributed by atoms with Crippen LogP contribution >= 0.6 is 0 Å². The topological polar surface area (TPSA) is 66.2 Å². The SMILES string of the molecule is CCOC(=O)c1cc(-c2ccc(OC)cc2)nn1-c1ccccn1. The number of ether oxygens (including phenoxy) is 2. The molecule has 0 bridgehead atoms. The van der Waals surface area contributed by atoms with Gasteiger partial charge in [-0.3, -0.25) is 0 Å². The Kier molecular flexibility index (Phi) is 4.56. The van der Waals surface area contributed by atoms with E-state index in [0.717, 1.165) is 11.3 Å². The van der Waals surface area contributed by atoms with E-state index in [-0.39, 0.29) is 0 Å². The van der Waals surface area contributed by atoms with Gasteiger partial charge >= 0.3 is 5.97 Å². The van der Waals surface area contributed by atoms with Crippen LogP contribution in [-0.4, -0.2) is 34.5 Å². The van der Waals surface area contributed by atoms with Gasteiger partial charge in [-0.1, -0.05) is 6.07 Å². The molecule has 0 radical (unpaired) electrons. The lowest BCUT2D eigenvalue weighted by molar-refractivity contribution is 0.0515. The van der Waals surface area contributed by atoms with E-state index < -0.39 is 5.97 Å². The lowest BCUT2D eigenvalue weighted by atomic mass is 10.1. The molecule has 1 aromatic carbocycles. The molecule has 3 rings (SSSR count). The molecule has 122 valence electrons. The standard InChI is InChI=1S/C18H17N3O3/c1-3-24-18(22)16-12-15(13-7-9-14(23-2)10-8-13)20-21(16)17-6-4-5-11-19-17/h4-12H,3H2,1-2H3.